The summed E-state index contributed by atoms with van der Waals surface area (Å²) >= 11 is 1.14. The second-order valence-corrected chi connectivity index (χ2v) is 18.9. The van der Waals surface area contributed by atoms with Crippen LogP contribution in [0.5, 0.6) is 5.75 Å². The first kappa shape index (κ1) is 39.6. The van der Waals surface area contributed by atoms with Gasteiger partial charge >= 0.3 is 5.69 Å². The van der Waals surface area contributed by atoms with E-state index in [0.29, 0.717) is 26.7 Å². The summed E-state index contributed by atoms with van der Waals surface area (Å²) in [7, 11) is -0.649. The Morgan fingerprint density at radius 1 is 0.964 bits per heavy atom. The molecule has 1 N–H and O–H groups in total. The van der Waals surface area contributed by atoms with Crippen LogP contribution >= 0.6 is 11.3 Å². The van der Waals surface area contributed by atoms with Gasteiger partial charge in [-0.25, -0.2) is 13.8 Å². The van der Waals surface area contributed by atoms with E-state index in [4.69, 9.17) is 14.2 Å². The molecule has 0 saturated heterocycles. The van der Waals surface area contributed by atoms with Crippen LogP contribution in [0.3, 0.4) is 0 Å². The number of hydrogen-bond acceptors (Lipinski definition) is 10. The molecule has 0 aliphatic rings. The number of aromatic nitrogens is 5. The minimum atomic E-state index is -3.62. The van der Waals surface area contributed by atoms with Gasteiger partial charge in [-0.05, 0) is 47.5 Å². The van der Waals surface area contributed by atoms with Gasteiger partial charge in [-0.1, -0.05) is 85.8 Å². The van der Waals surface area contributed by atoms with Crippen molar-refractivity contribution in [3.63, 3.8) is 0 Å². The zero-order valence-corrected chi connectivity index (χ0v) is 33.4. The van der Waals surface area contributed by atoms with E-state index in [2.05, 4.69) is 10.2 Å². The van der Waals surface area contributed by atoms with Crippen LogP contribution in [0.4, 0.5) is 4.39 Å². The van der Waals surface area contributed by atoms with Crippen LogP contribution in [-0.2, 0) is 20.8 Å². The summed E-state index contributed by atoms with van der Waals surface area (Å²) in [6.45, 7) is 7.12. The monoisotopic (exact) mass is 785 g/mol. The van der Waals surface area contributed by atoms with Crippen LogP contribution in [0.2, 0.25) is 5.04 Å². The van der Waals surface area contributed by atoms with Gasteiger partial charge in [0.1, 0.15) is 27.5 Å². The van der Waals surface area contributed by atoms with Crippen LogP contribution < -0.4 is 26.4 Å². The number of nitrogens with zero attached hydrogens (tertiary/aromatic N) is 5. The van der Waals surface area contributed by atoms with Crippen LogP contribution in [0.15, 0.2) is 101 Å². The molecule has 3 aromatic heterocycles. The lowest BCUT2D eigenvalue weighted by Crippen LogP contribution is -2.65. The maximum Gasteiger partial charge on any atom is 0.332 e. The van der Waals surface area contributed by atoms with Crippen molar-refractivity contribution in [2.45, 2.75) is 57.8 Å². The summed E-state index contributed by atoms with van der Waals surface area (Å²) in [5, 5.41) is 9.71. The Kier molecular flexibility index (Phi) is 11.8. The number of thiophene rings is 1. The highest BCUT2D eigenvalue weighted by atomic mass is 32.1. The van der Waals surface area contributed by atoms with Crippen molar-refractivity contribution in [1.29, 1.82) is 0 Å². The number of halogens is 1. The molecular weight excluding hydrogens is 742 g/mol. The van der Waals surface area contributed by atoms with Crippen LogP contribution in [0, 0.1) is 12.7 Å². The number of benzene rings is 3. The Bertz CT molecular complexity index is 2360. The minimum absolute atomic E-state index is 0.101. The van der Waals surface area contributed by atoms with E-state index in [-0.39, 0.29) is 31.6 Å². The molecule has 288 valence electrons. The molecule has 0 radical (unpaired) electrons. The van der Waals surface area contributed by atoms with Crippen LogP contribution in [0.1, 0.15) is 50.5 Å². The largest absolute Gasteiger partial charge is 0.496 e. The molecule has 0 aliphatic heterocycles. The molecule has 55 heavy (non-hydrogen) atoms. The number of carbonyl (C=O) groups is 1. The molecule has 6 rings (SSSR count). The molecule has 0 spiro atoms. The van der Waals surface area contributed by atoms with Gasteiger partial charge in [0.2, 0.25) is 0 Å². The topological polar surface area (TPSA) is 140 Å². The van der Waals surface area contributed by atoms with Gasteiger partial charge in [-0.15, -0.1) is 4.80 Å². The first-order chi connectivity index (χ1) is 26.3. The van der Waals surface area contributed by atoms with E-state index in [0.717, 1.165) is 26.3 Å². The Balaban J connectivity index is 1.50. The number of ether oxygens (including phenoxy) is 3. The number of fused-ring (bicyclic) bond motifs is 1. The molecule has 0 bridgehead atoms. The quantitative estimate of drug-likeness (QED) is 0.109. The molecule has 6 aromatic rings. The SMILES string of the molecule is COCCO[C@@H](Cn1c(=O)n(C(C)C(=O)CC(C)(C)[Si](O)(c2ccccc2)c2ccccc2)c(=O)c2c(C)c(-n3nccn3)sc21)c1cc(F)ccc1OC. The van der Waals surface area contributed by atoms with Gasteiger partial charge in [-0.2, -0.15) is 10.2 Å². The summed E-state index contributed by atoms with van der Waals surface area (Å²) in [6, 6.07) is 21.4. The fourth-order valence-corrected chi connectivity index (χ4v) is 12.1. The first-order valence-corrected chi connectivity index (χ1v) is 20.6. The average molecular weight is 786 g/mol. The highest BCUT2D eigenvalue weighted by molar-refractivity contribution is 7.21. The number of aryl methyl sites for hydroxylation is 1. The van der Waals surface area contributed by atoms with Crippen molar-refractivity contribution in [2.75, 3.05) is 27.4 Å². The average Bonchev–Trinajstić information content (AvgIpc) is 3.84. The first-order valence-electron chi connectivity index (χ1n) is 17.8. The molecule has 3 aromatic carbocycles. The predicted octanol–water partition coefficient (Wildman–Crippen LogP) is 4.72. The maximum absolute atomic E-state index is 14.8. The molecular formula is C40H44FN5O7SSi. The lowest BCUT2D eigenvalue weighted by Gasteiger charge is -2.41. The Hall–Kier alpha value is -5.06. The Morgan fingerprint density at radius 3 is 2.16 bits per heavy atom. The smallest absolute Gasteiger partial charge is 0.332 e. The fourth-order valence-electron chi connectivity index (χ4n) is 7.17. The molecule has 1 unspecified atom stereocenters. The van der Waals surface area contributed by atoms with Crippen molar-refractivity contribution in [2.24, 2.45) is 0 Å². The predicted molar refractivity (Wildman–Crippen MR) is 212 cm³/mol. The van der Waals surface area contributed by atoms with Crippen molar-refractivity contribution < 1.29 is 28.2 Å². The number of carbonyl (C=O) groups excluding carboxylic acids is 1. The standard InChI is InChI=1S/C40H44FN5O7SSi/c1-26-35-36(48)45(27(2)32(47)24-40(3,4)55(50,29-13-9-7-10-14-29)30-15-11-8-12-16-30)39(49)44(38(35)54-37(26)46-42-19-20-43-46)25-34(53-22-21-51-5)31-23-28(41)17-18-33(31)52-6/h7-20,23,27,34,50H,21-22,24-25H2,1-6H3/t27?,34-/m0/s1. The van der Waals surface area contributed by atoms with Gasteiger partial charge in [0.25, 0.3) is 13.9 Å². The highest BCUT2D eigenvalue weighted by Crippen LogP contribution is 2.40. The molecule has 12 nitrogen and oxygen atoms in total. The molecule has 0 saturated carbocycles. The summed E-state index contributed by atoms with van der Waals surface area (Å²) in [4.78, 5) is 58.3. The summed E-state index contributed by atoms with van der Waals surface area (Å²) in [6.07, 6.45) is 1.93. The number of Topliss-reactive ketones (excluding diaryl/α,β-unsaturated/α-hetero) is 1. The highest BCUT2D eigenvalue weighted by Gasteiger charge is 2.51. The van der Waals surface area contributed by atoms with E-state index in [1.807, 2.05) is 74.5 Å². The van der Waals surface area contributed by atoms with Crippen molar-refractivity contribution in [1.82, 2.24) is 24.1 Å². The Morgan fingerprint density at radius 2 is 1.58 bits per heavy atom. The summed E-state index contributed by atoms with van der Waals surface area (Å²) < 4.78 is 34.1. The molecule has 3 heterocycles. The number of rotatable bonds is 16. The molecule has 0 aliphatic carbocycles. The van der Waals surface area contributed by atoms with E-state index in [9.17, 15) is 23.6 Å². The second-order valence-electron chi connectivity index (χ2n) is 14.0. The number of methoxy groups -OCH3 is 2. The van der Waals surface area contributed by atoms with Crippen LogP contribution in [-0.4, -0.2) is 70.5 Å². The summed E-state index contributed by atoms with van der Waals surface area (Å²) in [5.41, 5.74) is -0.554. The maximum atomic E-state index is 14.8. The molecule has 0 amide bonds. The van der Waals surface area contributed by atoms with Gasteiger partial charge in [-0.3, -0.25) is 14.2 Å². The number of hydrogen-bond donors (Lipinski definition) is 1. The third-order valence-corrected chi connectivity index (χ3v) is 15.9. The third kappa shape index (κ3) is 7.49. The Labute approximate surface area is 322 Å². The fraction of sp³-hybridized carbons (Fsp3) is 0.325. The van der Waals surface area contributed by atoms with Crippen molar-refractivity contribution >= 4 is 46.0 Å². The van der Waals surface area contributed by atoms with Gasteiger partial charge in [0.05, 0.1) is 50.7 Å². The van der Waals surface area contributed by atoms with Crippen molar-refractivity contribution in [3.05, 3.63) is 129 Å². The molecule has 0 fully saturated rings. The second kappa shape index (κ2) is 16.3. The molecule has 2 atom stereocenters. The third-order valence-electron chi connectivity index (χ3n) is 10.1. The van der Waals surface area contributed by atoms with Gasteiger partial charge < -0.3 is 19.0 Å². The molecule has 15 heteroatoms. The lowest BCUT2D eigenvalue weighted by molar-refractivity contribution is -0.122. The number of ketones is 1. The van der Waals surface area contributed by atoms with Gasteiger partial charge in [0, 0.05) is 24.7 Å². The van der Waals surface area contributed by atoms with E-state index < -0.39 is 48.4 Å². The van der Waals surface area contributed by atoms with Crippen molar-refractivity contribution in [3.8, 4) is 10.8 Å². The lowest BCUT2D eigenvalue weighted by atomic mass is 10.0. The van der Waals surface area contributed by atoms with E-state index >= 15 is 0 Å². The minimum Gasteiger partial charge on any atom is -0.496 e. The van der Waals surface area contributed by atoms with Crippen LogP contribution in [0.25, 0.3) is 15.2 Å². The normalized spacial score (nSPS) is 13.2. The zero-order valence-electron chi connectivity index (χ0n) is 31.6. The zero-order chi connectivity index (χ0) is 39.5. The summed E-state index contributed by atoms with van der Waals surface area (Å²) in [5.74, 6) is -0.604. The van der Waals surface area contributed by atoms with E-state index in [1.165, 1.54) is 61.1 Å². The van der Waals surface area contributed by atoms with Gasteiger partial charge in [0.15, 0.2) is 5.78 Å². The van der Waals surface area contributed by atoms with E-state index in [1.54, 1.807) is 6.92 Å².